The van der Waals surface area contributed by atoms with Crippen molar-refractivity contribution in [1.29, 1.82) is 0 Å². The second-order valence-corrected chi connectivity index (χ2v) is 6.16. The lowest BCUT2D eigenvalue weighted by atomic mass is 10.2. The third-order valence-corrected chi connectivity index (χ3v) is 4.31. The Hall–Kier alpha value is -2.60. The van der Waals surface area contributed by atoms with Crippen LogP contribution in [0.15, 0.2) is 42.6 Å². The quantitative estimate of drug-likeness (QED) is 0.758. The Balaban J connectivity index is 1.86. The number of anilines is 2. The average molecular weight is 327 g/mol. The molecule has 0 aliphatic carbocycles. The molecule has 5 nitrogen and oxygen atoms in total. The van der Waals surface area contributed by atoms with Crippen molar-refractivity contribution < 1.29 is 9.47 Å². The van der Waals surface area contributed by atoms with Gasteiger partial charge in [-0.3, -0.25) is 0 Å². The van der Waals surface area contributed by atoms with E-state index in [0.29, 0.717) is 17.4 Å². The molecule has 2 aromatic heterocycles. The Morgan fingerprint density at radius 1 is 1.00 bits per heavy atom. The van der Waals surface area contributed by atoms with E-state index in [-0.39, 0.29) is 0 Å². The van der Waals surface area contributed by atoms with E-state index >= 15 is 0 Å². The van der Waals surface area contributed by atoms with Gasteiger partial charge in [-0.1, -0.05) is 0 Å². The lowest BCUT2D eigenvalue weighted by Crippen LogP contribution is -1.98. The van der Waals surface area contributed by atoms with Crippen molar-refractivity contribution in [2.75, 3.05) is 19.5 Å². The van der Waals surface area contributed by atoms with E-state index in [0.717, 1.165) is 16.3 Å². The molecular weight excluding hydrogens is 310 g/mol. The molecule has 2 heterocycles. The van der Waals surface area contributed by atoms with Gasteiger partial charge in [-0.05, 0) is 37.3 Å². The zero-order valence-corrected chi connectivity index (χ0v) is 14.0. The zero-order chi connectivity index (χ0) is 16.2. The van der Waals surface area contributed by atoms with E-state index in [2.05, 4.69) is 34.3 Å². The molecule has 0 fully saturated rings. The highest BCUT2D eigenvalue weighted by Crippen LogP contribution is 2.31. The summed E-state index contributed by atoms with van der Waals surface area (Å²) in [6.07, 6.45) is 1.75. The Bertz CT molecular complexity index is 817. The molecular formula is C17H17N3O2S. The van der Waals surface area contributed by atoms with E-state index < -0.39 is 0 Å². The Kier molecular flexibility index (Phi) is 4.43. The first-order valence-corrected chi connectivity index (χ1v) is 7.90. The molecule has 6 heteroatoms. The highest BCUT2D eigenvalue weighted by atomic mass is 32.1. The maximum atomic E-state index is 5.31. The molecule has 3 rings (SSSR count). The molecule has 0 radical (unpaired) electrons. The van der Waals surface area contributed by atoms with Crippen molar-refractivity contribution in [3.8, 4) is 22.1 Å². The van der Waals surface area contributed by atoms with E-state index in [1.165, 1.54) is 4.88 Å². The van der Waals surface area contributed by atoms with Crippen LogP contribution < -0.4 is 14.8 Å². The van der Waals surface area contributed by atoms with Gasteiger partial charge in [0.15, 0.2) is 11.5 Å². The summed E-state index contributed by atoms with van der Waals surface area (Å²) in [5, 5.41) is 3.19. The van der Waals surface area contributed by atoms with Gasteiger partial charge in [0.1, 0.15) is 0 Å². The molecule has 3 aromatic rings. The van der Waals surface area contributed by atoms with Crippen LogP contribution in [0.1, 0.15) is 4.88 Å². The second-order valence-electron chi connectivity index (χ2n) is 4.87. The molecule has 118 valence electrons. The van der Waals surface area contributed by atoms with Gasteiger partial charge in [0.05, 0.1) is 24.8 Å². The summed E-state index contributed by atoms with van der Waals surface area (Å²) >= 11 is 1.71. The fraction of sp³-hybridized carbons (Fsp3) is 0.176. The summed E-state index contributed by atoms with van der Waals surface area (Å²) in [6, 6.07) is 11.7. The summed E-state index contributed by atoms with van der Waals surface area (Å²) in [5.41, 5.74) is 1.74. The average Bonchev–Trinajstić information content (AvgIpc) is 3.01. The van der Waals surface area contributed by atoms with Gasteiger partial charge in [-0.2, -0.15) is 0 Å². The number of rotatable bonds is 5. The molecule has 0 aliphatic heterocycles. The van der Waals surface area contributed by atoms with Gasteiger partial charge in [0, 0.05) is 22.8 Å². The summed E-state index contributed by atoms with van der Waals surface area (Å²) < 4.78 is 10.5. The number of thiophene rings is 1. The lowest BCUT2D eigenvalue weighted by molar-refractivity contribution is 0.355. The van der Waals surface area contributed by atoms with Crippen molar-refractivity contribution in [3.63, 3.8) is 0 Å². The summed E-state index contributed by atoms with van der Waals surface area (Å²) in [5.74, 6) is 1.88. The van der Waals surface area contributed by atoms with E-state index in [1.807, 2.05) is 24.3 Å². The molecule has 0 saturated heterocycles. The maximum absolute atomic E-state index is 5.31. The van der Waals surface area contributed by atoms with Crippen molar-refractivity contribution in [2.24, 2.45) is 0 Å². The van der Waals surface area contributed by atoms with Crippen LogP contribution in [-0.4, -0.2) is 24.2 Å². The van der Waals surface area contributed by atoms with Crippen molar-refractivity contribution >= 4 is 23.0 Å². The largest absolute Gasteiger partial charge is 0.493 e. The van der Waals surface area contributed by atoms with Crippen LogP contribution in [0.5, 0.6) is 11.5 Å². The molecule has 1 aromatic carbocycles. The fourth-order valence-electron chi connectivity index (χ4n) is 2.17. The van der Waals surface area contributed by atoms with Gasteiger partial charge in [-0.25, -0.2) is 9.97 Å². The van der Waals surface area contributed by atoms with Gasteiger partial charge in [0.25, 0.3) is 0 Å². The number of methoxy groups -OCH3 is 2. The Morgan fingerprint density at radius 3 is 2.52 bits per heavy atom. The highest BCUT2D eigenvalue weighted by Gasteiger charge is 2.07. The normalized spacial score (nSPS) is 10.4. The lowest BCUT2D eigenvalue weighted by Gasteiger charge is -2.10. The van der Waals surface area contributed by atoms with Crippen molar-refractivity contribution in [2.45, 2.75) is 6.92 Å². The van der Waals surface area contributed by atoms with E-state index in [9.17, 15) is 0 Å². The number of aromatic nitrogens is 2. The fourth-order valence-corrected chi connectivity index (χ4v) is 3.01. The van der Waals surface area contributed by atoms with Crippen LogP contribution in [0.2, 0.25) is 0 Å². The smallest absolute Gasteiger partial charge is 0.227 e. The van der Waals surface area contributed by atoms with Gasteiger partial charge in [-0.15, -0.1) is 11.3 Å². The molecule has 0 spiro atoms. The zero-order valence-electron chi connectivity index (χ0n) is 13.2. The number of benzene rings is 1. The number of hydrogen-bond acceptors (Lipinski definition) is 6. The van der Waals surface area contributed by atoms with Crippen molar-refractivity contribution in [3.05, 3.63) is 47.5 Å². The van der Waals surface area contributed by atoms with Crippen molar-refractivity contribution in [1.82, 2.24) is 9.97 Å². The number of nitrogens with one attached hydrogen (secondary N) is 1. The van der Waals surface area contributed by atoms with Crippen LogP contribution in [0.4, 0.5) is 11.6 Å². The third kappa shape index (κ3) is 3.43. The number of aryl methyl sites for hydroxylation is 1. The molecule has 0 aliphatic rings. The van der Waals surface area contributed by atoms with Crippen LogP contribution in [-0.2, 0) is 0 Å². The van der Waals surface area contributed by atoms with Gasteiger partial charge < -0.3 is 14.8 Å². The molecule has 0 atom stereocenters. The highest BCUT2D eigenvalue weighted by molar-refractivity contribution is 7.15. The molecule has 0 unspecified atom stereocenters. The van der Waals surface area contributed by atoms with Crippen LogP contribution >= 0.6 is 11.3 Å². The summed E-state index contributed by atoms with van der Waals surface area (Å²) in [6.45, 7) is 2.08. The van der Waals surface area contributed by atoms with Crippen LogP contribution in [0, 0.1) is 6.92 Å². The predicted molar refractivity (Wildman–Crippen MR) is 92.9 cm³/mol. The third-order valence-electron chi connectivity index (χ3n) is 3.29. The standard InChI is InChI=1S/C17H17N3O2S/c1-11-4-7-16(23-11)13-8-9-18-17(20-13)19-12-5-6-14(21-2)15(10-12)22-3/h4-10H,1-3H3,(H,18,19,20). The topological polar surface area (TPSA) is 56.3 Å². The second kappa shape index (κ2) is 6.66. The van der Waals surface area contributed by atoms with Crippen LogP contribution in [0.3, 0.4) is 0 Å². The Labute approximate surface area is 138 Å². The first-order chi connectivity index (χ1) is 11.2. The van der Waals surface area contributed by atoms with E-state index in [1.54, 1.807) is 31.8 Å². The predicted octanol–water partition coefficient (Wildman–Crippen LogP) is 4.27. The maximum Gasteiger partial charge on any atom is 0.227 e. The monoisotopic (exact) mass is 327 g/mol. The summed E-state index contributed by atoms with van der Waals surface area (Å²) in [7, 11) is 3.22. The molecule has 0 saturated carbocycles. The Morgan fingerprint density at radius 2 is 1.83 bits per heavy atom. The molecule has 1 N–H and O–H groups in total. The molecule has 0 amide bonds. The molecule has 0 bridgehead atoms. The minimum Gasteiger partial charge on any atom is -0.493 e. The minimum absolute atomic E-state index is 0.542. The first-order valence-electron chi connectivity index (χ1n) is 7.08. The number of ether oxygens (including phenoxy) is 2. The SMILES string of the molecule is COc1ccc(Nc2nccc(-c3ccc(C)s3)n2)cc1OC. The molecule has 23 heavy (non-hydrogen) atoms. The van der Waals surface area contributed by atoms with Gasteiger partial charge in [0.2, 0.25) is 5.95 Å². The van der Waals surface area contributed by atoms with Gasteiger partial charge >= 0.3 is 0 Å². The first kappa shape index (κ1) is 15.3. The van der Waals surface area contributed by atoms with Crippen LogP contribution in [0.25, 0.3) is 10.6 Å². The summed E-state index contributed by atoms with van der Waals surface area (Å²) in [4.78, 5) is 11.2. The van der Waals surface area contributed by atoms with E-state index in [4.69, 9.17) is 9.47 Å². The minimum atomic E-state index is 0.542. The number of nitrogens with zero attached hydrogens (tertiary/aromatic N) is 2. The number of hydrogen-bond donors (Lipinski definition) is 1.